The Labute approximate surface area is 128 Å². The molecule has 0 atom stereocenters. The molecule has 0 saturated carbocycles. The summed E-state index contributed by atoms with van der Waals surface area (Å²) in [6.07, 6.45) is 3.22. The highest BCUT2D eigenvalue weighted by Crippen LogP contribution is 2.12. The van der Waals surface area contributed by atoms with Crippen molar-refractivity contribution < 1.29 is 9.53 Å². The van der Waals surface area contributed by atoms with Gasteiger partial charge in [-0.15, -0.1) is 0 Å². The van der Waals surface area contributed by atoms with Gasteiger partial charge in [0.25, 0.3) is 5.91 Å². The summed E-state index contributed by atoms with van der Waals surface area (Å²) in [6, 6.07) is 8.82. The number of methoxy groups -OCH3 is 1. The van der Waals surface area contributed by atoms with Crippen LogP contribution in [0, 0.1) is 0 Å². The number of halogens is 1. The van der Waals surface area contributed by atoms with Crippen LogP contribution in [0.3, 0.4) is 0 Å². The lowest BCUT2D eigenvalue weighted by Crippen LogP contribution is -2.33. The highest BCUT2D eigenvalue weighted by molar-refractivity contribution is 6.29. The molecule has 0 saturated heterocycles. The van der Waals surface area contributed by atoms with Crippen molar-refractivity contribution in [2.75, 3.05) is 20.3 Å². The minimum absolute atomic E-state index is 0.123. The summed E-state index contributed by atoms with van der Waals surface area (Å²) >= 11 is 5.84. The van der Waals surface area contributed by atoms with Crippen molar-refractivity contribution in [1.82, 2.24) is 14.9 Å². The number of carbonyl (C=O) groups excluding carboxylic acids is 1. The molecular weight excluding hydrogens is 290 g/mol. The Hall–Kier alpha value is -1.98. The monoisotopic (exact) mass is 305 g/mol. The van der Waals surface area contributed by atoms with Gasteiger partial charge in [-0.1, -0.05) is 17.7 Å². The molecule has 2 rings (SSSR count). The quantitative estimate of drug-likeness (QED) is 0.769. The molecular formula is C15H16ClN3O2. The van der Waals surface area contributed by atoms with Gasteiger partial charge in [0.2, 0.25) is 0 Å². The normalized spacial score (nSPS) is 10.4. The van der Waals surface area contributed by atoms with Crippen molar-refractivity contribution in [3.05, 3.63) is 59.1 Å². The first-order chi connectivity index (χ1) is 10.2. The topological polar surface area (TPSA) is 55.3 Å². The van der Waals surface area contributed by atoms with Gasteiger partial charge in [-0.2, -0.15) is 0 Å². The first kappa shape index (κ1) is 15.4. The van der Waals surface area contributed by atoms with E-state index in [0.29, 0.717) is 30.4 Å². The van der Waals surface area contributed by atoms with Gasteiger partial charge < -0.3 is 9.64 Å². The third kappa shape index (κ3) is 4.51. The number of carbonyl (C=O) groups is 1. The molecule has 0 aromatic carbocycles. The SMILES string of the molecule is COCCN(Cc1ccccn1)C(=O)c1ccnc(Cl)c1. The van der Waals surface area contributed by atoms with E-state index in [-0.39, 0.29) is 5.91 Å². The van der Waals surface area contributed by atoms with Crippen LogP contribution in [-0.4, -0.2) is 41.0 Å². The summed E-state index contributed by atoms with van der Waals surface area (Å²) in [5, 5.41) is 0.297. The minimum atomic E-state index is -0.123. The molecule has 0 aliphatic rings. The van der Waals surface area contributed by atoms with Crippen LogP contribution in [0.1, 0.15) is 16.1 Å². The summed E-state index contributed by atoms with van der Waals surface area (Å²) in [6.45, 7) is 1.35. The minimum Gasteiger partial charge on any atom is -0.383 e. The van der Waals surface area contributed by atoms with E-state index in [4.69, 9.17) is 16.3 Å². The van der Waals surface area contributed by atoms with Crippen molar-refractivity contribution >= 4 is 17.5 Å². The van der Waals surface area contributed by atoms with Gasteiger partial charge in [0.15, 0.2) is 0 Å². The molecule has 110 valence electrons. The van der Waals surface area contributed by atoms with Crippen LogP contribution in [0.15, 0.2) is 42.7 Å². The van der Waals surface area contributed by atoms with Crippen LogP contribution >= 0.6 is 11.6 Å². The standard InChI is InChI=1S/C15H16ClN3O2/c1-21-9-8-19(11-13-4-2-3-6-17-13)15(20)12-5-7-18-14(16)10-12/h2-7,10H,8-9,11H2,1H3. The number of amides is 1. The first-order valence-electron chi connectivity index (χ1n) is 6.50. The zero-order chi connectivity index (χ0) is 15.1. The van der Waals surface area contributed by atoms with Crippen LogP contribution in [0.4, 0.5) is 0 Å². The number of aromatic nitrogens is 2. The smallest absolute Gasteiger partial charge is 0.254 e. The van der Waals surface area contributed by atoms with E-state index in [1.54, 1.807) is 30.3 Å². The van der Waals surface area contributed by atoms with Gasteiger partial charge in [0, 0.05) is 31.6 Å². The fourth-order valence-corrected chi connectivity index (χ4v) is 2.03. The number of nitrogens with zero attached hydrogens (tertiary/aromatic N) is 3. The number of hydrogen-bond donors (Lipinski definition) is 0. The van der Waals surface area contributed by atoms with Crippen LogP contribution in [0.5, 0.6) is 0 Å². The predicted molar refractivity (Wildman–Crippen MR) is 80.1 cm³/mol. The molecule has 2 aromatic rings. The van der Waals surface area contributed by atoms with Crippen LogP contribution in [0.25, 0.3) is 0 Å². The molecule has 6 heteroatoms. The Kier molecular flexibility index (Phi) is 5.66. The third-order valence-electron chi connectivity index (χ3n) is 2.91. The van der Waals surface area contributed by atoms with Crippen LogP contribution in [0.2, 0.25) is 5.15 Å². The van der Waals surface area contributed by atoms with Crippen LogP contribution in [-0.2, 0) is 11.3 Å². The molecule has 0 radical (unpaired) electrons. The van der Waals surface area contributed by atoms with Gasteiger partial charge in [-0.3, -0.25) is 9.78 Å². The van der Waals surface area contributed by atoms with Crippen molar-refractivity contribution in [1.29, 1.82) is 0 Å². The Bertz CT molecular complexity index is 592. The van der Waals surface area contributed by atoms with E-state index in [9.17, 15) is 4.79 Å². The van der Waals surface area contributed by atoms with Gasteiger partial charge >= 0.3 is 0 Å². The van der Waals surface area contributed by atoms with E-state index < -0.39 is 0 Å². The lowest BCUT2D eigenvalue weighted by Gasteiger charge is -2.22. The zero-order valence-corrected chi connectivity index (χ0v) is 12.5. The van der Waals surface area contributed by atoms with E-state index in [1.807, 2.05) is 18.2 Å². The summed E-state index contributed by atoms with van der Waals surface area (Å²) in [5.74, 6) is -0.123. The highest BCUT2D eigenvalue weighted by Gasteiger charge is 2.17. The highest BCUT2D eigenvalue weighted by atomic mass is 35.5. The fraction of sp³-hybridized carbons (Fsp3) is 0.267. The molecule has 2 aromatic heterocycles. The second-order valence-electron chi connectivity index (χ2n) is 4.41. The Morgan fingerprint density at radius 1 is 1.29 bits per heavy atom. The molecule has 1 amide bonds. The molecule has 0 bridgehead atoms. The van der Waals surface area contributed by atoms with Gasteiger partial charge in [-0.05, 0) is 24.3 Å². The number of rotatable bonds is 6. The summed E-state index contributed by atoms with van der Waals surface area (Å²) in [4.78, 5) is 22.4. The van der Waals surface area contributed by atoms with E-state index in [1.165, 1.54) is 6.20 Å². The average molecular weight is 306 g/mol. The maximum atomic E-state index is 12.6. The molecule has 0 spiro atoms. The number of pyridine rings is 2. The van der Waals surface area contributed by atoms with Gasteiger partial charge in [0.05, 0.1) is 18.8 Å². The summed E-state index contributed by atoms with van der Waals surface area (Å²) < 4.78 is 5.07. The Balaban J connectivity index is 2.17. The molecule has 0 N–H and O–H groups in total. The largest absolute Gasteiger partial charge is 0.383 e. The van der Waals surface area contributed by atoms with E-state index >= 15 is 0 Å². The van der Waals surface area contributed by atoms with Crippen molar-refractivity contribution in [2.24, 2.45) is 0 Å². The van der Waals surface area contributed by atoms with Crippen molar-refractivity contribution in [3.8, 4) is 0 Å². The predicted octanol–water partition coefficient (Wildman–Crippen LogP) is 2.42. The van der Waals surface area contributed by atoms with Crippen LogP contribution < -0.4 is 0 Å². The molecule has 5 nitrogen and oxygen atoms in total. The molecule has 0 aliphatic heterocycles. The summed E-state index contributed by atoms with van der Waals surface area (Å²) in [5.41, 5.74) is 1.32. The Morgan fingerprint density at radius 2 is 2.14 bits per heavy atom. The van der Waals surface area contributed by atoms with Gasteiger partial charge in [0.1, 0.15) is 5.15 Å². The van der Waals surface area contributed by atoms with E-state index in [2.05, 4.69) is 9.97 Å². The zero-order valence-electron chi connectivity index (χ0n) is 11.7. The fourth-order valence-electron chi connectivity index (χ4n) is 1.86. The number of hydrogen-bond acceptors (Lipinski definition) is 4. The summed E-state index contributed by atoms with van der Waals surface area (Å²) in [7, 11) is 1.60. The average Bonchev–Trinajstić information content (AvgIpc) is 2.51. The second-order valence-corrected chi connectivity index (χ2v) is 4.80. The second kappa shape index (κ2) is 7.71. The van der Waals surface area contributed by atoms with E-state index in [0.717, 1.165) is 5.69 Å². The molecule has 21 heavy (non-hydrogen) atoms. The maximum Gasteiger partial charge on any atom is 0.254 e. The molecule has 0 fully saturated rings. The van der Waals surface area contributed by atoms with Crippen molar-refractivity contribution in [3.63, 3.8) is 0 Å². The molecule has 0 unspecified atom stereocenters. The molecule has 0 aliphatic carbocycles. The van der Waals surface area contributed by atoms with Crippen molar-refractivity contribution in [2.45, 2.75) is 6.54 Å². The van der Waals surface area contributed by atoms with Gasteiger partial charge in [-0.25, -0.2) is 4.98 Å². The molecule has 2 heterocycles. The lowest BCUT2D eigenvalue weighted by atomic mass is 10.2. The maximum absolute atomic E-state index is 12.6. The first-order valence-corrected chi connectivity index (χ1v) is 6.88. The lowest BCUT2D eigenvalue weighted by molar-refractivity contribution is 0.0678. The number of ether oxygens (including phenoxy) is 1. The third-order valence-corrected chi connectivity index (χ3v) is 3.11. The Morgan fingerprint density at radius 3 is 2.81 bits per heavy atom.